The standard InChI is InChI=1S/C15H14ClN3O/c1-2-15(20)19(10-12-3-6-17-7-4-12)11-13-5-8-18-9-14(13)16/h2-9H,1,10-11H2. The highest BCUT2D eigenvalue weighted by Crippen LogP contribution is 2.17. The van der Waals surface area contributed by atoms with Gasteiger partial charge in [0, 0.05) is 37.9 Å². The molecule has 0 aromatic carbocycles. The molecule has 0 atom stereocenters. The molecule has 0 radical (unpaired) electrons. The van der Waals surface area contributed by atoms with Crippen molar-refractivity contribution in [2.24, 2.45) is 0 Å². The lowest BCUT2D eigenvalue weighted by atomic mass is 10.2. The number of rotatable bonds is 5. The zero-order chi connectivity index (χ0) is 14.4. The first-order valence-electron chi connectivity index (χ1n) is 6.09. The number of carbonyl (C=O) groups excluding carboxylic acids is 1. The summed E-state index contributed by atoms with van der Waals surface area (Å²) in [5.41, 5.74) is 1.85. The Morgan fingerprint density at radius 3 is 2.55 bits per heavy atom. The highest BCUT2D eigenvalue weighted by Gasteiger charge is 2.13. The second kappa shape index (κ2) is 6.82. The van der Waals surface area contributed by atoms with Crippen molar-refractivity contribution in [3.63, 3.8) is 0 Å². The lowest BCUT2D eigenvalue weighted by molar-refractivity contribution is -0.127. The minimum absolute atomic E-state index is 0.144. The van der Waals surface area contributed by atoms with Gasteiger partial charge in [0.15, 0.2) is 0 Å². The van der Waals surface area contributed by atoms with E-state index in [2.05, 4.69) is 16.5 Å². The van der Waals surface area contributed by atoms with E-state index in [0.717, 1.165) is 11.1 Å². The van der Waals surface area contributed by atoms with Gasteiger partial charge in [0.2, 0.25) is 5.91 Å². The number of halogens is 1. The van der Waals surface area contributed by atoms with Crippen LogP contribution in [0.5, 0.6) is 0 Å². The summed E-state index contributed by atoms with van der Waals surface area (Å²) in [7, 11) is 0. The lowest BCUT2D eigenvalue weighted by Crippen LogP contribution is -2.28. The molecule has 0 bridgehead atoms. The van der Waals surface area contributed by atoms with E-state index in [1.165, 1.54) is 6.08 Å². The lowest BCUT2D eigenvalue weighted by Gasteiger charge is -2.21. The summed E-state index contributed by atoms with van der Waals surface area (Å²) in [5.74, 6) is -0.144. The van der Waals surface area contributed by atoms with E-state index < -0.39 is 0 Å². The van der Waals surface area contributed by atoms with Crippen molar-refractivity contribution >= 4 is 17.5 Å². The van der Waals surface area contributed by atoms with Crippen LogP contribution in [0, 0.1) is 0 Å². The largest absolute Gasteiger partial charge is 0.330 e. The van der Waals surface area contributed by atoms with Crippen molar-refractivity contribution in [2.45, 2.75) is 13.1 Å². The van der Waals surface area contributed by atoms with Crippen molar-refractivity contribution in [1.82, 2.24) is 14.9 Å². The molecule has 0 saturated heterocycles. The Balaban J connectivity index is 2.18. The van der Waals surface area contributed by atoms with Gasteiger partial charge < -0.3 is 4.90 Å². The van der Waals surface area contributed by atoms with Crippen LogP contribution in [0.25, 0.3) is 0 Å². The predicted octanol–water partition coefficient (Wildman–Crippen LogP) is 2.84. The Bertz CT molecular complexity index is 601. The van der Waals surface area contributed by atoms with Gasteiger partial charge in [0.25, 0.3) is 0 Å². The second-order valence-corrected chi connectivity index (χ2v) is 4.63. The maximum atomic E-state index is 12.0. The summed E-state index contributed by atoms with van der Waals surface area (Å²) in [6.45, 7) is 4.43. The van der Waals surface area contributed by atoms with Crippen LogP contribution in [-0.4, -0.2) is 20.8 Å². The number of pyridine rings is 2. The van der Waals surface area contributed by atoms with Crippen LogP contribution >= 0.6 is 11.6 Å². The molecule has 2 aromatic rings. The highest BCUT2D eigenvalue weighted by atomic mass is 35.5. The monoisotopic (exact) mass is 287 g/mol. The average molecular weight is 288 g/mol. The summed E-state index contributed by atoms with van der Waals surface area (Å²) in [6, 6.07) is 5.55. The maximum absolute atomic E-state index is 12.0. The van der Waals surface area contributed by atoms with Crippen LogP contribution in [0.1, 0.15) is 11.1 Å². The molecular weight excluding hydrogens is 274 g/mol. The second-order valence-electron chi connectivity index (χ2n) is 4.22. The molecule has 20 heavy (non-hydrogen) atoms. The Hall–Kier alpha value is -2.20. The van der Waals surface area contributed by atoms with E-state index in [1.807, 2.05) is 12.1 Å². The summed E-state index contributed by atoms with van der Waals surface area (Å²) in [6.07, 6.45) is 7.93. The molecule has 0 unspecified atom stereocenters. The third-order valence-electron chi connectivity index (χ3n) is 2.83. The first-order valence-corrected chi connectivity index (χ1v) is 6.47. The number of hydrogen-bond donors (Lipinski definition) is 0. The molecule has 102 valence electrons. The van der Waals surface area contributed by atoms with E-state index in [9.17, 15) is 4.79 Å². The van der Waals surface area contributed by atoms with Gasteiger partial charge in [-0.2, -0.15) is 0 Å². The predicted molar refractivity (Wildman–Crippen MR) is 77.9 cm³/mol. The fourth-order valence-electron chi connectivity index (χ4n) is 1.79. The number of aromatic nitrogens is 2. The topological polar surface area (TPSA) is 46.1 Å². The van der Waals surface area contributed by atoms with Crippen molar-refractivity contribution in [1.29, 1.82) is 0 Å². The zero-order valence-electron chi connectivity index (χ0n) is 10.9. The smallest absolute Gasteiger partial charge is 0.246 e. The minimum atomic E-state index is -0.144. The van der Waals surface area contributed by atoms with Crippen LogP contribution in [0.15, 0.2) is 55.6 Å². The first kappa shape index (κ1) is 14.2. The quantitative estimate of drug-likeness (QED) is 0.795. The number of nitrogens with zero attached hydrogens (tertiary/aromatic N) is 3. The van der Waals surface area contributed by atoms with Gasteiger partial charge in [-0.05, 0) is 35.4 Å². The number of hydrogen-bond acceptors (Lipinski definition) is 3. The Kier molecular flexibility index (Phi) is 4.85. The SMILES string of the molecule is C=CC(=O)N(Cc1ccncc1)Cc1ccncc1Cl. The molecule has 1 amide bonds. The van der Waals surface area contributed by atoms with Crippen molar-refractivity contribution in [2.75, 3.05) is 0 Å². The summed E-state index contributed by atoms with van der Waals surface area (Å²) < 4.78 is 0. The van der Waals surface area contributed by atoms with Crippen LogP contribution in [0.2, 0.25) is 5.02 Å². The van der Waals surface area contributed by atoms with Crippen molar-refractivity contribution in [3.05, 3.63) is 71.8 Å². The third kappa shape index (κ3) is 3.65. The highest BCUT2D eigenvalue weighted by molar-refractivity contribution is 6.31. The number of carbonyl (C=O) groups is 1. The summed E-state index contributed by atoms with van der Waals surface area (Å²) >= 11 is 6.08. The van der Waals surface area contributed by atoms with E-state index in [1.54, 1.807) is 35.8 Å². The Labute approximate surface area is 122 Å². The van der Waals surface area contributed by atoms with Crippen LogP contribution < -0.4 is 0 Å². The van der Waals surface area contributed by atoms with E-state index in [-0.39, 0.29) is 5.91 Å². The van der Waals surface area contributed by atoms with E-state index in [0.29, 0.717) is 18.1 Å². The fraction of sp³-hybridized carbons (Fsp3) is 0.133. The van der Waals surface area contributed by atoms with Crippen LogP contribution in [-0.2, 0) is 17.9 Å². The van der Waals surface area contributed by atoms with Crippen LogP contribution in [0.4, 0.5) is 0 Å². The molecule has 2 heterocycles. The molecule has 0 saturated carbocycles. The summed E-state index contributed by atoms with van der Waals surface area (Å²) in [4.78, 5) is 21.5. The molecule has 0 N–H and O–H groups in total. The van der Waals surface area contributed by atoms with Gasteiger partial charge in [-0.15, -0.1) is 0 Å². The molecule has 0 aliphatic heterocycles. The third-order valence-corrected chi connectivity index (χ3v) is 3.17. The van der Waals surface area contributed by atoms with Gasteiger partial charge in [0.1, 0.15) is 0 Å². The van der Waals surface area contributed by atoms with Gasteiger partial charge in [0.05, 0.1) is 5.02 Å². The zero-order valence-corrected chi connectivity index (χ0v) is 11.6. The molecule has 5 heteroatoms. The van der Waals surface area contributed by atoms with E-state index in [4.69, 9.17) is 11.6 Å². The fourth-order valence-corrected chi connectivity index (χ4v) is 1.97. The first-order chi connectivity index (χ1) is 9.70. The molecule has 4 nitrogen and oxygen atoms in total. The molecule has 0 fully saturated rings. The Morgan fingerprint density at radius 2 is 1.90 bits per heavy atom. The maximum Gasteiger partial charge on any atom is 0.246 e. The molecular formula is C15H14ClN3O. The molecule has 0 spiro atoms. The van der Waals surface area contributed by atoms with Gasteiger partial charge >= 0.3 is 0 Å². The molecule has 2 rings (SSSR count). The van der Waals surface area contributed by atoms with Crippen LogP contribution in [0.3, 0.4) is 0 Å². The van der Waals surface area contributed by atoms with Gasteiger partial charge in [-0.3, -0.25) is 14.8 Å². The van der Waals surface area contributed by atoms with Gasteiger partial charge in [-0.25, -0.2) is 0 Å². The molecule has 0 aliphatic carbocycles. The molecule has 2 aromatic heterocycles. The van der Waals surface area contributed by atoms with Crippen molar-refractivity contribution < 1.29 is 4.79 Å². The summed E-state index contributed by atoms with van der Waals surface area (Å²) in [5, 5.41) is 0.545. The Morgan fingerprint density at radius 1 is 1.20 bits per heavy atom. The normalized spacial score (nSPS) is 10.1. The number of amides is 1. The van der Waals surface area contributed by atoms with Crippen molar-refractivity contribution in [3.8, 4) is 0 Å². The average Bonchev–Trinajstić information content (AvgIpc) is 2.49. The minimum Gasteiger partial charge on any atom is -0.330 e. The van der Waals surface area contributed by atoms with E-state index >= 15 is 0 Å². The van der Waals surface area contributed by atoms with Gasteiger partial charge in [-0.1, -0.05) is 18.2 Å². The molecule has 0 aliphatic rings.